The van der Waals surface area contributed by atoms with Crippen molar-refractivity contribution in [3.63, 3.8) is 0 Å². The first-order valence-corrected chi connectivity index (χ1v) is 7.65. The van der Waals surface area contributed by atoms with Gasteiger partial charge in [-0.3, -0.25) is 19.8 Å². The summed E-state index contributed by atoms with van der Waals surface area (Å²) in [6.07, 6.45) is 1.64. The van der Waals surface area contributed by atoms with E-state index in [1.165, 1.54) is 6.07 Å². The van der Waals surface area contributed by atoms with Crippen molar-refractivity contribution in [1.82, 2.24) is 4.90 Å². The Kier molecular flexibility index (Phi) is 5.30. The van der Waals surface area contributed by atoms with Crippen LogP contribution in [0.3, 0.4) is 0 Å². The van der Waals surface area contributed by atoms with E-state index in [9.17, 15) is 14.9 Å². The van der Waals surface area contributed by atoms with Gasteiger partial charge >= 0.3 is 5.97 Å². The Hall–Kier alpha value is -1.47. The summed E-state index contributed by atoms with van der Waals surface area (Å²) >= 11 is 3.24. The normalized spacial score (nSPS) is 18.7. The Balaban J connectivity index is 2.17. The highest BCUT2D eigenvalue weighted by atomic mass is 79.9. The van der Waals surface area contributed by atoms with Crippen LogP contribution in [0.25, 0.3) is 0 Å². The Bertz CT molecular complexity index is 550. The molecule has 1 fully saturated rings. The van der Waals surface area contributed by atoms with Crippen LogP contribution in [0.4, 0.5) is 5.69 Å². The van der Waals surface area contributed by atoms with Gasteiger partial charge in [0.05, 0.1) is 11.5 Å². The van der Waals surface area contributed by atoms with Crippen LogP contribution in [0, 0.1) is 10.1 Å². The molecule has 1 unspecified atom stereocenters. The number of carbonyl (C=O) groups is 1. The van der Waals surface area contributed by atoms with Crippen LogP contribution < -0.4 is 0 Å². The van der Waals surface area contributed by atoms with Gasteiger partial charge in [0.15, 0.2) is 0 Å². The largest absolute Gasteiger partial charge is 0.465 e. The maximum absolute atomic E-state index is 11.9. The first kappa shape index (κ1) is 15.9. The summed E-state index contributed by atoms with van der Waals surface area (Å²) in [5, 5.41) is 11.1. The van der Waals surface area contributed by atoms with E-state index in [0.717, 1.165) is 19.4 Å². The molecule has 21 heavy (non-hydrogen) atoms. The van der Waals surface area contributed by atoms with Crippen molar-refractivity contribution in [2.24, 2.45) is 0 Å². The molecule has 1 aliphatic rings. The average Bonchev–Trinajstić information content (AvgIpc) is 2.89. The number of nitro benzene ring substituents is 1. The van der Waals surface area contributed by atoms with E-state index in [-0.39, 0.29) is 17.7 Å². The molecule has 1 heterocycles. The summed E-state index contributed by atoms with van der Waals surface area (Å²) in [7, 11) is 0. The van der Waals surface area contributed by atoms with Crippen molar-refractivity contribution in [2.45, 2.75) is 32.4 Å². The lowest BCUT2D eigenvalue weighted by atomic mass is 10.1. The minimum absolute atomic E-state index is 0.0684. The molecule has 2 rings (SSSR count). The molecular weight excluding hydrogens is 340 g/mol. The van der Waals surface area contributed by atoms with Gasteiger partial charge in [0.25, 0.3) is 5.69 Å². The molecule has 0 spiro atoms. The number of nitrogens with zero attached hydrogens (tertiary/aromatic N) is 2. The van der Waals surface area contributed by atoms with Crippen molar-refractivity contribution in [3.05, 3.63) is 38.3 Å². The van der Waals surface area contributed by atoms with Gasteiger partial charge in [-0.25, -0.2) is 0 Å². The fourth-order valence-electron chi connectivity index (χ4n) is 2.58. The van der Waals surface area contributed by atoms with Crippen LogP contribution in [0.15, 0.2) is 22.7 Å². The van der Waals surface area contributed by atoms with Gasteiger partial charge in [-0.2, -0.15) is 0 Å². The van der Waals surface area contributed by atoms with Crippen LogP contribution in [0.2, 0.25) is 0 Å². The predicted octanol–water partition coefficient (Wildman–Crippen LogP) is 2.88. The summed E-state index contributed by atoms with van der Waals surface area (Å²) in [4.78, 5) is 24.6. The fourth-order valence-corrected chi connectivity index (χ4v) is 2.93. The van der Waals surface area contributed by atoms with Gasteiger partial charge in [0.2, 0.25) is 0 Å². The average molecular weight is 357 g/mol. The predicted molar refractivity (Wildman–Crippen MR) is 80.9 cm³/mol. The van der Waals surface area contributed by atoms with Gasteiger partial charge in [0.1, 0.15) is 6.04 Å². The number of carbonyl (C=O) groups excluding carboxylic acids is 1. The van der Waals surface area contributed by atoms with E-state index in [1.54, 1.807) is 19.1 Å². The third-order valence-electron chi connectivity index (χ3n) is 3.54. The van der Waals surface area contributed by atoms with E-state index in [4.69, 9.17) is 4.74 Å². The number of rotatable bonds is 5. The van der Waals surface area contributed by atoms with Gasteiger partial charge in [-0.15, -0.1) is 0 Å². The second kappa shape index (κ2) is 7.00. The Labute approximate surface area is 131 Å². The quantitative estimate of drug-likeness (QED) is 0.460. The summed E-state index contributed by atoms with van der Waals surface area (Å²) in [5.41, 5.74) is 0.679. The first-order valence-electron chi connectivity index (χ1n) is 6.86. The van der Waals surface area contributed by atoms with Crippen molar-refractivity contribution in [2.75, 3.05) is 13.2 Å². The SMILES string of the molecule is CCOC(=O)C1CCCN1Cc1ccc(Br)cc1[N+](=O)[O-]. The van der Waals surface area contributed by atoms with Gasteiger partial charge in [-0.1, -0.05) is 15.9 Å². The molecule has 1 aromatic carbocycles. The number of hydrogen-bond acceptors (Lipinski definition) is 5. The molecule has 1 atom stereocenters. The van der Waals surface area contributed by atoms with Crippen LogP contribution in [0.5, 0.6) is 0 Å². The lowest BCUT2D eigenvalue weighted by molar-refractivity contribution is -0.385. The summed E-state index contributed by atoms with van der Waals surface area (Å²) in [6.45, 7) is 3.25. The smallest absolute Gasteiger partial charge is 0.323 e. The van der Waals surface area contributed by atoms with Crippen LogP contribution in [-0.2, 0) is 16.1 Å². The molecule has 0 aromatic heterocycles. The Morgan fingerprint density at radius 1 is 1.57 bits per heavy atom. The molecule has 0 N–H and O–H groups in total. The monoisotopic (exact) mass is 356 g/mol. The summed E-state index contributed by atoms with van der Waals surface area (Å²) in [5.74, 6) is -0.241. The molecule has 0 saturated carbocycles. The molecule has 1 aliphatic heterocycles. The molecule has 7 heteroatoms. The fraction of sp³-hybridized carbons (Fsp3) is 0.500. The standard InChI is InChI=1S/C14H17BrN2O4/c1-2-21-14(18)12-4-3-7-16(12)9-10-5-6-11(15)8-13(10)17(19)20/h5-6,8,12H,2-4,7,9H2,1H3. The third kappa shape index (κ3) is 3.79. The molecule has 1 saturated heterocycles. The maximum Gasteiger partial charge on any atom is 0.323 e. The number of likely N-dealkylation sites (tertiary alicyclic amines) is 1. The molecule has 6 nitrogen and oxygen atoms in total. The van der Waals surface area contributed by atoms with Gasteiger partial charge in [0, 0.05) is 22.6 Å². The van der Waals surface area contributed by atoms with Crippen LogP contribution in [0.1, 0.15) is 25.3 Å². The summed E-state index contributed by atoms with van der Waals surface area (Å²) < 4.78 is 5.74. The topological polar surface area (TPSA) is 72.7 Å². The molecule has 0 radical (unpaired) electrons. The van der Waals surface area contributed by atoms with Gasteiger partial charge < -0.3 is 4.74 Å². The lowest BCUT2D eigenvalue weighted by Gasteiger charge is -2.22. The van der Waals surface area contributed by atoms with Crippen molar-refractivity contribution >= 4 is 27.6 Å². The molecule has 0 amide bonds. The highest BCUT2D eigenvalue weighted by Gasteiger charge is 2.32. The maximum atomic E-state index is 11.9. The van der Waals surface area contributed by atoms with Crippen molar-refractivity contribution in [1.29, 1.82) is 0 Å². The zero-order chi connectivity index (χ0) is 15.4. The highest BCUT2D eigenvalue weighted by molar-refractivity contribution is 9.10. The summed E-state index contributed by atoms with van der Waals surface area (Å²) in [6, 6.07) is 4.69. The molecule has 0 aliphatic carbocycles. The number of esters is 1. The molecule has 1 aromatic rings. The van der Waals surface area contributed by atoms with E-state index in [0.29, 0.717) is 23.2 Å². The number of ether oxygens (including phenoxy) is 1. The van der Waals surface area contributed by atoms with E-state index < -0.39 is 4.92 Å². The zero-order valence-corrected chi connectivity index (χ0v) is 13.3. The number of benzene rings is 1. The van der Waals surface area contributed by atoms with Crippen LogP contribution in [-0.4, -0.2) is 35.0 Å². The second-order valence-electron chi connectivity index (χ2n) is 4.91. The highest BCUT2D eigenvalue weighted by Crippen LogP contribution is 2.28. The Morgan fingerprint density at radius 2 is 2.33 bits per heavy atom. The Morgan fingerprint density at radius 3 is 3.00 bits per heavy atom. The number of nitro groups is 1. The molecule has 0 bridgehead atoms. The minimum Gasteiger partial charge on any atom is -0.465 e. The van der Waals surface area contributed by atoms with Crippen molar-refractivity contribution in [3.8, 4) is 0 Å². The molecule has 114 valence electrons. The van der Waals surface area contributed by atoms with E-state index in [1.807, 2.05) is 4.90 Å². The van der Waals surface area contributed by atoms with Crippen molar-refractivity contribution < 1.29 is 14.5 Å². The second-order valence-corrected chi connectivity index (χ2v) is 5.83. The van der Waals surface area contributed by atoms with E-state index >= 15 is 0 Å². The lowest BCUT2D eigenvalue weighted by Crippen LogP contribution is -2.36. The van der Waals surface area contributed by atoms with E-state index in [2.05, 4.69) is 15.9 Å². The van der Waals surface area contributed by atoms with Gasteiger partial charge in [-0.05, 0) is 38.4 Å². The number of hydrogen-bond donors (Lipinski definition) is 0. The minimum atomic E-state index is -0.393. The molecular formula is C14H17BrN2O4. The number of halogens is 1. The van der Waals surface area contributed by atoms with Crippen LogP contribution >= 0.6 is 15.9 Å². The first-order chi connectivity index (χ1) is 10.0. The zero-order valence-electron chi connectivity index (χ0n) is 11.8. The third-order valence-corrected chi connectivity index (χ3v) is 4.03.